The van der Waals surface area contributed by atoms with Crippen molar-refractivity contribution in [2.45, 2.75) is 6.54 Å². The van der Waals surface area contributed by atoms with Crippen molar-refractivity contribution in [3.05, 3.63) is 63.6 Å². The monoisotopic (exact) mass is 362 g/mol. The predicted octanol–water partition coefficient (Wildman–Crippen LogP) is 4.10. The molecular formula is C15H11BrN2O2S. The van der Waals surface area contributed by atoms with E-state index in [2.05, 4.69) is 26.4 Å². The average Bonchev–Trinajstić information content (AvgIpc) is 3.16. The lowest BCUT2D eigenvalue weighted by Gasteiger charge is -2.02. The molecule has 21 heavy (non-hydrogen) atoms. The maximum Gasteiger partial charge on any atom is 0.251 e. The van der Waals surface area contributed by atoms with Gasteiger partial charge in [-0.2, -0.15) is 0 Å². The van der Waals surface area contributed by atoms with Crippen LogP contribution in [0, 0.1) is 0 Å². The molecule has 1 N–H and O–H groups in total. The normalized spacial score (nSPS) is 10.5. The summed E-state index contributed by atoms with van der Waals surface area (Å²) in [4.78, 5) is 13.0. The Morgan fingerprint density at radius 3 is 2.81 bits per heavy atom. The Morgan fingerprint density at radius 2 is 2.10 bits per heavy atom. The molecule has 1 amide bonds. The molecule has 0 aliphatic carbocycles. The van der Waals surface area contributed by atoms with Crippen molar-refractivity contribution >= 4 is 33.2 Å². The van der Waals surface area contributed by atoms with Gasteiger partial charge < -0.3 is 9.84 Å². The number of nitrogens with one attached hydrogen (secondary N) is 1. The number of halogens is 1. The Labute approximate surface area is 133 Å². The van der Waals surface area contributed by atoms with Gasteiger partial charge in [0.05, 0.1) is 11.4 Å². The molecule has 4 nitrogen and oxygen atoms in total. The van der Waals surface area contributed by atoms with Crippen LogP contribution in [0.2, 0.25) is 0 Å². The second-order valence-corrected chi connectivity index (χ2v) is 6.21. The molecule has 0 spiro atoms. The predicted molar refractivity (Wildman–Crippen MR) is 85.1 cm³/mol. The van der Waals surface area contributed by atoms with Crippen LogP contribution < -0.4 is 5.32 Å². The third-order valence-corrected chi connectivity index (χ3v) is 4.27. The van der Waals surface area contributed by atoms with Gasteiger partial charge in [-0.1, -0.05) is 27.2 Å². The van der Waals surface area contributed by atoms with Crippen molar-refractivity contribution in [1.82, 2.24) is 10.5 Å². The summed E-state index contributed by atoms with van der Waals surface area (Å²) in [5, 5.41) is 8.76. The maximum absolute atomic E-state index is 12.0. The second kappa shape index (κ2) is 6.24. The number of benzene rings is 1. The molecule has 0 saturated heterocycles. The van der Waals surface area contributed by atoms with Gasteiger partial charge in [-0.25, -0.2) is 0 Å². The first kappa shape index (κ1) is 14.0. The number of hydrogen-bond acceptors (Lipinski definition) is 4. The van der Waals surface area contributed by atoms with Gasteiger partial charge in [0, 0.05) is 16.1 Å². The van der Waals surface area contributed by atoms with E-state index in [-0.39, 0.29) is 5.91 Å². The summed E-state index contributed by atoms with van der Waals surface area (Å²) in [7, 11) is 0. The van der Waals surface area contributed by atoms with E-state index in [1.807, 2.05) is 35.7 Å². The largest absolute Gasteiger partial charge is 0.355 e. The summed E-state index contributed by atoms with van der Waals surface area (Å²) >= 11 is 4.93. The molecule has 106 valence electrons. The van der Waals surface area contributed by atoms with Gasteiger partial charge in [-0.15, -0.1) is 11.3 Å². The van der Waals surface area contributed by atoms with Gasteiger partial charge in [0.25, 0.3) is 5.91 Å². The summed E-state index contributed by atoms with van der Waals surface area (Å²) in [6.07, 6.45) is 0. The highest BCUT2D eigenvalue weighted by Gasteiger charge is 2.09. The first-order valence-electron chi connectivity index (χ1n) is 6.25. The molecule has 0 radical (unpaired) electrons. The van der Waals surface area contributed by atoms with E-state index in [0.29, 0.717) is 17.8 Å². The minimum atomic E-state index is -0.136. The van der Waals surface area contributed by atoms with E-state index < -0.39 is 0 Å². The van der Waals surface area contributed by atoms with E-state index in [0.717, 1.165) is 15.1 Å². The van der Waals surface area contributed by atoms with Gasteiger partial charge in [-0.3, -0.25) is 4.79 Å². The first-order chi connectivity index (χ1) is 10.2. The zero-order valence-corrected chi connectivity index (χ0v) is 13.3. The Morgan fingerprint density at radius 1 is 1.29 bits per heavy atom. The molecule has 3 aromatic rings. The summed E-state index contributed by atoms with van der Waals surface area (Å²) in [6.45, 7) is 0.337. The number of carbonyl (C=O) groups excluding carboxylic acids is 1. The van der Waals surface area contributed by atoms with Gasteiger partial charge in [0.2, 0.25) is 0 Å². The molecule has 0 unspecified atom stereocenters. The maximum atomic E-state index is 12.0. The van der Waals surface area contributed by atoms with Crippen molar-refractivity contribution in [3.63, 3.8) is 0 Å². The Balaban J connectivity index is 1.62. The van der Waals surface area contributed by atoms with Crippen molar-refractivity contribution < 1.29 is 9.32 Å². The Hall–Kier alpha value is -1.92. The molecule has 0 saturated carbocycles. The highest BCUT2D eigenvalue weighted by Crippen LogP contribution is 2.25. The first-order valence-corrected chi connectivity index (χ1v) is 7.93. The van der Waals surface area contributed by atoms with Crippen molar-refractivity contribution in [2.24, 2.45) is 0 Å². The van der Waals surface area contributed by atoms with Crippen LogP contribution in [0.1, 0.15) is 16.1 Å². The molecule has 6 heteroatoms. The summed E-state index contributed by atoms with van der Waals surface area (Å²) < 4.78 is 6.21. The Bertz CT molecular complexity index is 735. The van der Waals surface area contributed by atoms with Gasteiger partial charge in [0.1, 0.15) is 5.69 Å². The number of nitrogens with zero attached hydrogens (tertiary/aromatic N) is 1. The molecule has 0 aliphatic heterocycles. The number of carbonyl (C=O) groups is 1. The minimum absolute atomic E-state index is 0.136. The van der Waals surface area contributed by atoms with Crippen LogP contribution in [0.25, 0.3) is 10.6 Å². The highest BCUT2D eigenvalue weighted by molar-refractivity contribution is 9.10. The zero-order chi connectivity index (χ0) is 14.7. The van der Waals surface area contributed by atoms with Crippen molar-refractivity contribution in [1.29, 1.82) is 0 Å². The van der Waals surface area contributed by atoms with Crippen molar-refractivity contribution in [3.8, 4) is 10.6 Å². The number of rotatable bonds is 4. The van der Waals surface area contributed by atoms with E-state index in [1.165, 1.54) is 0 Å². The van der Waals surface area contributed by atoms with E-state index in [1.54, 1.807) is 23.5 Å². The lowest BCUT2D eigenvalue weighted by atomic mass is 10.2. The topological polar surface area (TPSA) is 55.1 Å². The lowest BCUT2D eigenvalue weighted by Crippen LogP contribution is -2.22. The zero-order valence-electron chi connectivity index (χ0n) is 10.9. The molecular weight excluding hydrogens is 352 g/mol. The molecule has 2 aromatic heterocycles. The van der Waals surface area contributed by atoms with Crippen LogP contribution >= 0.6 is 27.3 Å². The minimum Gasteiger partial charge on any atom is -0.355 e. The molecule has 0 atom stereocenters. The molecule has 1 aromatic carbocycles. The Kier molecular flexibility index (Phi) is 4.17. The SMILES string of the molecule is O=C(NCc1cc(-c2cccs2)on1)c1ccc(Br)cc1. The number of thiophene rings is 1. The molecule has 3 rings (SSSR count). The number of aromatic nitrogens is 1. The van der Waals surface area contributed by atoms with Gasteiger partial charge >= 0.3 is 0 Å². The smallest absolute Gasteiger partial charge is 0.251 e. The third kappa shape index (κ3) is 3.40. The quantitative estimate of drug-likeness (QED) is 0.760. The second-order valence-electron chi connectivity index (χ2n) is 4.35. The summed E-state index contributed by atoms with van der Waals surface area (Å²) in [6, 6.07) is 13.0. The van der Waals surface area contributed by atoms with Gasteiger partial charge in [0.15, 0.2) is 5.76 Å². The van der Waals surface area contributed by atoms with E-state index in [9.17, 15) is 4.79 Å². The molecule has 0 bridgehead atoms. The van der Waals surface area contributed by atoms with E-state index in [4.69, 9.17) is 4.52 Å². The lowest BCUT2D eigenvalue weighted by molar-refractivity contribution is 0.0950. The van der Waals surface area contributed by atoms with Crippen LogP contribution in [0.4, 0.5) is 0 Å². The summed E-state index contributed by atoms with van der Waals surface area (Å²) in [5.74, 6) is 0.584. The third-order valence-electron chi connectivity index (χ3n) is 2.86. The van der Waals surface area contributed by atoms with Crippen LogP contribution in [-0.4, -0.2) is 11.1 Å². The highest BCUT2D eigenvalue weighted by atomic mass is 79.9. The van der Waals surface area contributed by atoms with Crippen molar-refractivity contribution in [2.75, 3.05) is 0 Å². The fourth-order valence-electron chi connectivity index (χ4n) is 1.80. The molecule has 0 fully saturated rings. The van der Waals surface area contributed by atoms with Gasteiger partial charge in [-0.05, 0) is 35.7 Å². The van der Waals surface area contributed by atoms with Crippen LogP contribution in [0.3, 0.4) is 0 Å². The van der Waals surface area contributed by atoms with Crippen LogP contribution in [0.15, 0.2) is 56.8 Å². The number of hydrogen-bond donors (Lipinski definition) is 1. The summed E-state index contributed by atoms with van der Waals surface area (Å²) in [5.41, 5.74) is 1.31. The van der Waals surface area contributed by atoms with Crippen LogP contribution in [0.5, 0.6) is 0 Å². The molecule has 0 aliphatic rings. The van der Waals surface area contributed by atoms with Crippen LogP contribution in [-0.2, 0) is 6.54 Å². The fourth-order valence-corrected chi connectivity index (χ4v) is 2.74. The number of amides is 1. The average molecular weight is 363 g/mol. The fraction of sp³-hybridized carbons (Fsp3) is 0.0667. The van der Waals surface area contributed by atoms with E-state index >= 15 is 0 Å². The molecule has 2 heterocycles. The standard InChI is InChI=1S/C15H11BrN2O2S/c16-11-5-3-10(4-6-11)15(19)17-9-12-8-13(20-18-12)14-2-1-7-21-14/h1-8H,9H2,(H,17,19).